The lowest BCUT2D eigenvalue weighted by Crippen LogP contribution is -2.11. The summed E-state index contributed by atoms with van der Waals surface area (Å²) in [6, 6.07) is 19.7. The van der Waals surface area contributed by atoms with E-state index in [0.29, 0.717) is 22.8 Å². The van der Waals surface area contributed by atoms with Gasteiger partial charge >= 0.3 is 0 Å². The Hall–Kier alpha value is -5.96. The highest BCUT2D eigenvalue weighted by Crippen LogP contribution is 2.43. The van der Waals surface area contributed by atoms with Crippen LogP contribution in [0, 0.1) is 0 Å². The first-order valence-corrected chi connectivity index (χ1v) is 14.8. The highest BCUT2D eigenvalue weighted by atomic mass is 16.3. The van der Waals surface area contributed by atoms with Gasteiger partial charge in [0.25, 0.3) is 0 Å². The van der Waals surface area contributed by atoms with Crippen molar-refractivity contribution in [2.75, 3.05) is 0 Å². The number of pyridine rings is 4. The first-order chi connectivity index (χ1) is 21.9. The Morgan fingerprint density at radius 3 is 1.31 bits per heavy atom. The SMILES string of the molecule is CC(C)(C)c1cc(-c2nc3c4cccnc4c4ncccc4c3[nH]2)c(O)c(-c2nc3c4cccnc4c4ncccc4c3[nH]2)c1. The lowest BCUT2D eigenvalue weighted by Gasteiger charge is -2.21. The molecule has 9 rings (SSSR count). The van der Waals surface area contributed by atoms with Crippen LogP contribution in [0.4, 0.5) is 0 Å². The van der Waals surface area contributed by atoms with Crippen LogP contribution in [-0.4, -0.2) is 45.0 Å². The minimum atomic E-state index is -0.226. The van der Waals surface area contributed by atoms with Crippen molar-refractivity contribution in [1.29, 1.82) is 0 Å². The van der Waals surface area contributed by atoms with Crippen molar-refractivity contribution in [1.82, 2.24) is 39.9 Å². The normalized spacial score (nSPS) is 12.4. The highest BCUT2D eigenvalue weighted by molar-refractivity contribution is 6.22. The molecular formula is C36H26N8O. The topological polar surface area (TPSA) is 129 Å². The zero-order chi connectivity index (χ0) is 30.4. The summed E-state index contributed by atoms with van der Waals surface area (Å²) in [5.41, 5.74) is 8.39. The number of phenolic OH excluding ortho intramolecular Hbond substituents is 1. The molecule has 9 aromatic rings. The van der Waals surface area contributed by atoms with Crippen molar-refractivity contribution < 1.29 is 5.11 Å². The molecule has 0 bridgehead atoms. The third-order valence-electron chi connectivity index (χ3n) is 8.62. The Labute approximate surface area is 256 Å². The number of aromatic nitrogens is 8. The van der Waals surface area contributed by atoms with Gasteiger partial charge in [0.2, 0.25) is 0 Å². The molecule has 0 fully saturated rings. The van der Waals surface area contributed by atoms with Crippen molar-refractivity contribution >= 4 is 65.7 Å². The van der Waals surface area contributed by atoms with E-state index in [1.54, 1.807) is 24.8 Å². The number of fused-ring (bicyclic) bond motifs is 12. The molecule has 0 aliphatic carbocycles. The van der Waals surface area contributed by atoms with Gasteiger partial charge in [0, 0.05) is 46.3 Å². The van der Waals surface area contributed by atoms with Crippen molar-refractivity contribution in [3.8, 4) is 28.5 Å². The maximum atomic E-state index is 12.0. The molecule has 3 N–H and O–H groups in total. The fourth-order valence-electron chi connectivity index (χ4n) is 6.37. The molecule has 6 heterocycles. The predicted octanol–water partition coefficient (Wildman–Crippen LogP) is 7.97. The van der Waals surface area contributed by atoms with Crippen LogP contribution in [0.1, 0.15) is 26.3 Å². The standard InChI is InChI=1S/C36H26N8O/c1-36(2,3)18-16-23(34-41-29-19-8-4-12-37-25(19)26-20(30(29)42-34)9-5-13-38-26)33(45)24(17-18)35-43-31-21-10-6-14-39-27(21)28-22(32(31)44-35)11-7-15-40-28/h4-17,45H,1-3H3,(H,41,42)(H,43,44). The summed E-state index contributed by atoms with van der Waals surface area (Å²) in [5, 5.41) is 15.6. The summed E-state index contributed by atoms with van der Waals surface area (Å²) in [6.07, 6.45) is 7.09. The number of phenols is 1. The fraction of sp³-hybridized carbons (Fsp3) is 0.111. The molecule has 3 aromatic carbocycles. The Balaban J connectivity index is 1.34. The van der Waals surface area contributed by atoms with Gasteiger partial charge < -0.3 is 15.1 Å². The largest absolute Gasteiger partial charge is 0.506 e. The Morgan fingerprint density at radius 2 is 0.911 bits per heavy atom. The second-order valence-corrected chi connectivity index (χ2v) is 12.4. The van der Waals surface area contributed by atoms with Crippen LogP contribution in [-0.2, 0) is 5.41 Å². The van der Waals surface area contributed by atoms with E-state index in [4.69, 9.17) is 9.97 Å². The second-order valence-electron chi connectivity index (χ2n) is 12.4. The number of rotatable bonds is 2. The molecule has 0 aliphatic rings. The third-order valence-corrected chi connectivity index (χ3v) is 8.62. The fourth-order valence-corrected chi connectivity index (χ4v) is 6.37. The van der Waals surface area contributed by atoms with Crippen LogP contribution >= 0.6 is 0 Å². The number of nitrogens with one attached hydrogen (secondary N) is 2. The molecule has 9 nitrogen and oxygen atoms in total. The van der Waals surface area contributed by atoms with Gasteiger partial charge in [-0.25, -0.2) is 9.97 Å². The molecule has 9 heteroatoms. The van der Waals surface area contributed by atoms with E-state index >= 15 is 0 Å². The van der Waals surface area contributed by atoms with Crippen LogP contribution in [0.5, 0.6) is 5.75 Å². The zero-order valence-corrected chi connectivity index (χ0v) is 24.7. The number of aromatic hydroxyl groups is 1. The molecule has 0 spiro atoms. The molecule has 0 saturated carbocycles. The molecule has 6 aromatic heterocycles. The molecule has 0 saturated heterocycles. The maximum absolute atomic E-state index is 12.0. The molecule has 0 atom stereocenters. The average Bonchev–Trinajstić information content (AvgIpc) is 3.71. The summed E-state index contributed by atoms with van der Waals surface area (Å²) in [4.78, 5) is 35.8. The Morgan fingerprint density at radius 1 is 0.533 bits per heavy atom. The summed E-state index contributed by atoms with van der Waals surface area (Å²) < 4.78 is 0. The van der Waals surface area contributed by atoms with Gasteiger partial charge in [0.15, 0.2) is 0 Å². The van der Waals surface area contributed by atoms with Gasteiger partial charge in [-0.1, -0.05) is 20.8 Å². The van der Waals surface area contributed by atoms with Crippen molar-refractivity contribution in [3.63, 3.8) is 0 Å². The van der Waals surface area contributed by atoms with Crippen molar-refractivity contribution in [3.05, 3.63) is 91.0 Å². The third kappa shape index (κ3) is 3.67. The van der Waals surface area contributed by atoms with Crippen LogP contribution in [0.25, 0.3) is 88.5 Å². The van der Waals surface area contributed by atoms with Crippen LogP contribution in [0.2, 0.25) is 0 Å². The number of imidazole rings is 2. The number of H-pyrrole nitrogens is 2. The number of benzene rings is 3. The molecule has 45 heavy (non-hydrogen) atoms. The van der Waals surface area contributed by atoms with E-state index in [2.05, 4.69) is 50.7 Å². The van der Waals surface area contributed by atoms with Gasteiger partial charge in [-0.05, 0) is 71.6 Å². The molecule has 0 amide bonds. The minimum Gasteiger partial charge on any atom is -0.506 e. The molecule has 0 radical (unpaired) electrons. The minimum absolute atomic E-state index is 0.0795. The van der Waals surface area contributed by atoms with Crippen LogP contribution in [0.3, 0.4) is 0 Å². The van der Waals surface area contributed by atoms with Gasteiger partial charge in [-0.15, -0.1) is 0 Å². The van der Waals surface area contributed by atoms with E-state index in [0.717, 1.165) is 71.2 Å². The van der Waals surface area contributed by atoms with Gasteiger partial charge in [0.1, 0.15) is 17.4 Å². The number of hydrogen-bond donors (Lipinski definition) is 3. The number of nitrogens with zero attached hydrogens (tertiary/aromatic N) is 6. The summed E-state index contributed by atoms with van der Waals surface area (Å²) >= 11 is 0. The summed E-state index contributed by atoms with van der Waals surface area (Å²) in [5.74, 6) is 1.18. The van der Waals surface area contributed by atoms with Gasteiger partial charge in [-0.3, -0.25) is 19.9 Å². The first kappa shape index (κ1) is 25.5. The molecule has 216 valence electrons. The monoisotopic (exact) mass is 586 g/mol. The Kier molecular flexibility index (Phi) is 5.12. The van der Waals surface area contributed by atoms with Crippen molar-refractivity contribution in [2.45, 2.75) is 26.2 Å². The zero-order valence-electron chi connectivity index (χ0n) is 24.7. The Bertz CT molecular complexity index is 2340. The average molecular weight is 587 g/mol. The number of aromatic amines is 2. The maximum Gasteiger partial charge on any atom is 0.142 e. The lowest BCUT2D eigenvalue weighted by molar-refractivity contribution is 0.477. The van der Waals surface area contributed by atoms with E-state index in [-0.39, 0.29) is 11.2 Å². The van der Waals surface area contributed by atoms with Crippen molar-refractivity contribution in [2.24, 2.45) is 0 Å². The molecule has 0 aliphatic heterocycles. The van der Waals surface area contributed by atoms with E-state index in [1.807, 2.05) is 60.7 Å². The van der Waals surface area contributed by atoms with E-state index in [1.165, 1.54) is 0 Å². The van der Waals surface area contributed by atoms with E-state index < -0.39 is 0 Å². The molecule has 0 unspecified atom stereocenters. The van der Waals surface area contributed by atoms with E-state index in [9.17, 15) is 5.11 Å². The smallest absolute Gasteiger partial charge is 0.142 e. The predicted molar refractivity (Wildman–Crippen MR) is 178 cm³/mol. The second kappa shape index (κ2) is 9.03. The first-order valence-electron chi connectivity index (χ1n) is 14.8. The lowest BCUT2D eigenvalue weighted by atomic mass is 9.84. The highest BCUT2D eigenvalue weighted by Gasteiger charge is 2.25. The number of hydrogen-bond acceptors (Lipinski definition) is 7. The van der Waals surface area contributed by atoms with Gasteiger partial charge in [0.05, 0.1) is 55.3 Å². The summed E-state index contributed by atoms with van der Waals surface area (Å²) in [7, 11) is 0. The van der Waals surface area contributed by atoms with Crippen LogP contribution in [0.15, 0.2) is 85.5 Å². The summed E-state index contributed by atoms with van der Waals surface area (Å²) in [6.45, 7) is 6.46. The quantitative estimate of drug-likeness (QED) is 0.175. The molecular weight excluding hydrogens is 560 g/mol. The van der Waals surface area contributed by atoms with Gasteiger partial charge in [-0.2, -0.15) is 0 Å². The van der Waals surface area contributed by atoms with Crippen LogP contribution < -0.4 is 0 Å².